The largest absolute Gasteiger partial charge is 0.489 e. The monoisotopic (exact) mass is 268 g/mol. The number of rotatable bonds is 6. The molecule has 0 aromatic heterocycles. The molecule has 0 N–H and O–H groups in total. The molecule has 0 saturated carbocycles. The lowest BCUT2D eigenvalue weighted by Gasteiger charge is -2.08. The molecule has 0 saturated heterocycles. The molecule has 0 spiro atoms. The zero-order chi connectivity index (χ0) is 14.2. The van der Waals surface area contributed by atoms with E-state index in [-0.39, 0.29) is 0 Å². The molecule has 0 aliphatic carbocycles. The predicted octanol–water partition coefficient (Wildman–Crippen LogP) is 4.61. The smallest absolute Gasteiger partial charge is 0.123 e. The summed E-state index contributed by atoms with van der Waals surface area (Å²) in [6, 6.07) is 17.9. The van der Waals surface area contributed by atoms with Crippen molar-refractivity contribution in [3.8, 4) is 11.5 Å². The zero-order valence-corrected chi connectivity index (χ0v) is 12.0. The standard InChI is InChI=1S/C18H20O2/c1-15(2)11-12-19-17-9-6-10-18(13-17)20-14-16-7-4-3-5-8-16/h3-11,13H,12,14H2,1-2H3. The van der Waals surface area contributed by atoms with Gasteiger partial charge in [-0.1, -0.05) is 42.0 Å². The van der Waals surface area contributed by atoms with Crippen LogP contribution in [0.1, 0.15) is 19.4 Å². The summed E-state index contributed by atoms with van der Waals surface area (Å²) in [5.41, 5.74) is 2.41. The molecular weight excluding hydrogens is 248 g/mol. The van der Waals surface area contributed by atoms with E-state index in [4.69, 9.17) is 9.47 Å². The van der Waals surface area contributed by atoms with E-state index in [1.807, 2.05) is 42.5 Å². The van der Waals surface area contributed by atoms with Crippen molar-refractivity contribution in [2.75, 3.05) is 6.61 Å². The van der Waals surface area contributed by atoms with Crippen LogP contribution < -0.4 is 9.47 Å². The average Bonchev–Trinajstić information content (AvgIpc) is 2.46. The number of benzene rings is 2. The van der Waals surface area contributed by atoms with Gasteiger partial charge in [0.25, 0.3) is 0 Å². The lowest BCUT2D eigenvalue weighted by atomic mass is 10.2. The Balaban J connectivity index is 1.91. The fraction of sp³-hybridized carbons (Fsp3) is 0.222. The minimum absolute atomic E-state index is 0.568. The summed E-state index contributed by atoms with van der Waals surface area (Å²) in [6.45, 7) is 5.27. The second kappa shape index (κ2) is 7.39. The molecule has 0 radical (unpaired) electrons. The Morgan fingerprint density at radius 2 is 1.60 bits per heavy atom. The number of hydrogen-bond donors (Lipinski definition) is 0. The van der Waals surface area contributed by atoms with Crippen molar-refractivity contribution in [3.05, 3.63) is 71.8 Å². The van der Waals surface area contributed by atoms with E-state index in [2.05, 4.69) is 32.1 Å². The van der Waals surface area contributed by atoms with Gasteiger partial charge in [0.05, 0.1) is 0 Å². The Morgan fingerprint density at radius 3 is 2.30 bits per heavy atom. The first kappa shape index (κ1) is 14.2. The van der Waals surface area contributed by atoms with E-state index in [0.717, 1.165) is 17.1 Å². The maximum Gasteiger partial charge on any atom is 0.123 e. The lowest BCUT2D eigenvalue weighted by Crippen LogP contribution is -1.97. The van der Waals surface area contributed by atoms with E-state index < -0.39 is 0 Å². The molecule has 104 valence electrons. The van der Waals surface area contributed by atoms with Gasteiger partial charge in [-0.15, -0.1) is 0 Å². The fourth-order valence-electron chi connectivity index (χ4n) is 1.70. The van der Waals surface area contributed by atoms with Gasteiger partial charge in [0, 0.05) is 6.07 Å². The summed E-state index contributed by atoms with van der Waals surface area (Å²) >= 11 is 0. The predicted molar refractivity (Wildman–Crippen MR) is 82.1 cm³/mol. The van der Waals surface area contributed by atoms with E-state index >= 15 is 0 Å². The van der Waals surface area contributed by atoms with Crippen LogP contribution >= 0.6 is 0 Å². The van der Waals surface area contributed by atoms with Gasteiger partial charge in [-0.3, -0.25) is 0 Å². The highest BCUT2D eigenvalue weighted by Crippen LogP contribution is 2.20. The molecule has 2 rings (SSSR count). The SMILES string of the molecule is CC(C)=CCOc1cccc(OCc2ccccc2)c1. The molecule has 2 heteroatoms. The van der Waals surface area contributed by atoms with Crippen LogP contribution in [0.3, 0.4) is 0 Å². The molecule has 2 aromatic rings. The van der Waals surface area contributed by atoms with Crippen LogP contribution in [0, 0.1) is 0 Å². The van der Waals surface area contributed by atoms with Crippen LogP contribution in [-0.2, 0) is 6.61 Å². The maximum atomic E-state index is 5.76. The third-order valence-corrected chi connectivity index (χ3v) is 2.80. The molecule has 0 amide bonds. The second-order valence-corrected chi connectivity index (χ2v) is 4.84. The van der Waals surface area contributed by atoms with Gasteiger partial charge in [0.2, 0.25) is 0 Å². The molecule has 2 nitrogen and oxygen atoms in total. The second-order valence-electron chi connectivity index (χ2n) is 4.84. The minimum Gasteiger partial charge on any atom is -0.489 e. The molecule has 0 atom stereocenters. The first-order valence-corrected chi connectivity index (χ1v) is 6.77. The molecule has 0 bridgehead atoms. The zero-order valence-electron chi connectivity index (χ0n) is 12.0. The summed E-state index contributed by atoms with van der Waals surface area (Å²) in [5.74, 6) is 1.65. The summed E-state index contributed by atoms with van der Waals surface area (Å²) < 4.78 is 11.4. The van der Waals surface area contributed by atoms with Crippen LogP contribution in [0.15, 0.2) is 66.2 Å². The van der Waals surface area contributed by atoms with Gasteiger partial charge in [0.15, 0.2) is 0 Å². The summed E-state index contributed by atoms with van der Waals surface area (Å²) in [5, 5.41) is 0. The molecule has 0 unspecified atom stereocenters. The molecule has 0 fully saturated rings. The highest BCUT2D eigenvalue weighted by atomic mass is 16.5. The van der Waals surface area contributed by atoms with Crippen LogP contribution in [0.5, 0.6) is 11.5 Å². The van der Waals surface area contributed by atoms with Crippen molar-refractivity contribution in [2.24, 2.45) is 0 Å². The summed E-state index contributed by atoms with van der Waals surface area (Å²) in [7, 11) is 0. The molecular formula is C18H20O2. The molecule has 2 aromatic carbocycles. The van der Waals surface area contributed by atoms with Gasteiger partial charge < -0.3 is 9.47 Å². The van der Waals surface area contributed by atoms with Crippen molar-refractivity contribution in [3.63, 3.8) is 0 Å². The van der Waals surface area contributed by atoms with Gasteiger partial charge >= 0.3 is 0 Å². The quantitative estimate of drug-likeness (QED) is 0.712. The van der Waals surface area contributed by atoms with Crippen LogP contribution in [0.4, 0.5) is 0 Å². The van der Waals surface area contributed by atoms with Crippen LogP contribution in [-0.4, -0.2) is 6.61 Å². The summed E-state index contributed by atoms with van der Waals surface area (Å²) in [4.78, 5) is 0. The molecule has 20 heavy (non-hydrogen) atoms. The highest BCUT2D eigenvalue weighted by molar-refractivity contribution is 5.33. The number of allylic oxidation sites excluding steroid dienone is 1. The average molecular weight is 268 g/mol. The minimum atomic E-state index is 0.568. The Hall–Kier alpha value is -2.22. The molecule has 0 aliphatic heterocycles. The Kier molecular flexibility index (Phi) is 5.24. The number of ether oxygens (including phenoxy) is 2. The lowest BCUT2D eigenvalue weighted by molar-refractivity contribution is 0.301. The highest BCUT2D eigenvalue weighted by Gasteiger charge is 1.98. The maximum absolute atomic E-state index is 5.76. The van der Waals surface area contributed by atoms with E-state index in [1.165, 1.54) is 5.57 Å². The van der Waals surface area contributed by atoms with Crippen LogP contribution in [0.2, 0.25) is 0 Å². The van der Waals surface area contributed by atoms with Gasteiger partial charge in [0.1, 0.15) is 24.7 Å². The van der Waals surface area contributed by atoms with E-state index in [9.17, 15) is 0 Å². The van der Waals surface area contributed by atoms with Crippen LogP contribution in [0.25, 0.3) is 0 Å². The molecule has 0 heterocycles. The first-order chi connectivity index (χ1) is 9.74. The van der Waals surface area contributed by atoms with E-state index in [1.54, 1.807) is 0 Å². The van der Waals surface area contributed by atoms with Crippen molar-refractivity contribution in [1.29, 1.82) is 0 Å². The van der Waals surface area contributed by atoms with Gasteiger partial charge in [-0.25, -0.2) is 0 Å². The normalized spacial score (nSPS) is 9.90. The van der Waals surface area contributed by atoms with Crippen molar-refractivity contribution < 1.29 is 9.47 Å². The third kappa shape index (κ3) is 4.81. The van der Waals surface area contributed by atoms with Crippen molar-refractivity contribution in [1.82, 2.24) is 0 Å². The Labute approximate surface area is 120 Å². The van der Waals surface area contributed by atoms with Gasteiger partial charge in [-0.05, 0) is 37.6 Å². The van der Waals surface area contributed by atoms with E-state index in [0.29, 0.717) is 13.2 Å². The van der Waals surface area contributed by atoms with Crippen molar-refractivity contribution >= 4 is 0 Å². The number of hydrogen-bond acceptors (Lipinski definition) is 2. The first-order valence-electron chi connectivity index (χ1n) is 6.77. The third-order valence-electron chi connectivity index (χ3n) is 2.80. The van der Waals surface area contributed by atoms with Gasteiger partial charge in [-0.2, -0.15) is 0 Å². The molecule has 0 aliphatic rings. The Morgan fingerprint density at radius 1 is 0.900 bits per heavy atom. The Bertz CT molecular complexity index is 555. The van der Waals surface area contributed by atoms with Crippen molar-refractivity contribution in [2.45, 2.75) is 20.5 Å². The fourth-order valence-corrected chi connectivity index (χ4v) is 1.70. The summed E-state index contributed by atoms with van der Waals surface area (Å²) in [6.07, 6.45) is 2.05. The topological polar surface area (TPSA) is 18.5 Å².